The van der Waals surface area contributed by atoms with Crippen molar-refractivity contribution in [1.82, 2.24) is 15.1 Å². The Morgan fingerprint density at radius 1 is 1.26 bits per heavy atom. The van der Waals surface area contributed by atoms with E-state index in [1.165, 1.54) is 58.4 Å². The largest absolute Gasteiger partial charge is 0.308 e. The first-order valence-corrected chi connectivity index (χ1v) is 8.24. The first-order chi connectivity index (χ1) is 9.07. The fourth-order valence-electron chi connectivity index (χ4n) is 4.14. The summed E-state index contributed by atoms with van der Waals surface area (Å²) < 4.78 is 0. The van der Waals surface area contributed by atoms with Crippen molar-refractivity contribution in [3.63, 3.8) is 0 Å². The summed E-state index contributed by atoms with van der Waals surface area (Å²) >= 11 is 0. The molecule has 110 valence electrons. The SMILES string of the molecule is CC1CNC(C)(C2CC2)CN1CC1CCCN(C)C1. The Kier molecular flexibility index (Phi) is 3.89. The van der Waals surface area contributed by atoms with Crippen LogP contribution < -0.4 is 5.32 Å². The maximum Gasteiger partial charge on any atom is 0.0309 e. The van der Waals surface area contributed by atoms with Crippen LogP contribution in [0.3, 0.4) is 0 Å². The minimum Gasteiger partial charge on any atom is -0.308 e. The Labute approximate surface area is 118 Å². The molecule has 3 rings (SSSR count). The van der Waals surface area contributed by atoms with Crippen molar-refractivity contribution < 1.29 is 0 Å². The van der Waals surface area contributed by atoms with Crippen LogP contribution in [0.15, 0.2) is 0 Å². The summed E-state index contributed by atoms with van der Waals surface area (Å²) in [7, 11) is 2.28. The molecule has 3 heteroatoms. The lowest BCUT2D eigenvalue weighted by molar-refractivity contribution is 0.0549. The number of nitrogens with zero attached hydrogens (tertiary/aromatic N) is 2. The maximum atomic E-state index is 3.83. The van der Waals surface area contributed by atoms with Crippen LogP contribution in [-0.2, 0) is 0 Å². The van der Waals surface area contributed by atoms with Crippen molar-refractivity contribution in [2.75, 3.05) is 39.8 Å². The molecular formula is C16H31N3. The highest BCUT2D eigenvalue weighted by atomic mass is 15.3. The van der Waals surface area contributed by atoms with Gasteiger partial charge in [-0.05, 0) is 65.0 Å². The number of hydrogen-bond acceptors (Lipinski definition) is 3. The zero-order chi connectivity index (χ0) is 13.5. The smallest absolute Gasteiger partial charge is 0.0309 e. The molecule has 0 radical (unpaired) electrons. The van der Waals surface area contributed by atoms with Gasteiger partial charge in [0.1, 0.15) is 0 Å². The molecule has 1 saturated carbocycles. The van der Waals surface area contributed by atoms with E-state index in [1.54, 1.807) is 0 Å². The van der Waals surface area contributed by atoms with Crippen molar-refractivity contribution in [1.29, 1.82) is 0 Å². The number of piperidine rings is 1. The van der Waals surface area contributed by atoms with E-state index < -0.39 is 0 Å². The molecular weight excluding hydrogens is 234 g/mol. The van der Waals surface area contributed by atoms with Gasteiger partial charge in [0.25, 0.3) is 0 Å². The topological polar surface area (TPSA) is 18.5 Å². The molecule has 1 N–H and O–H groups in total. The lowest BCUT2D eigenvalue weighted by Crippen LogP contribution is -2.64. The predicted octanol–water partition coefficient (Wildman–Crippen LogP) is 1.79. The minimum absolute atomic E-state index is 0.396. The molecule has 2 saturated heterocycles. The Hall–Kier alpha value is -0.120. The molecule has 0 spiro atoms. The molecule has 0 aromatic carbocycles. The monoisotopic (exact) mass is 265 g/mol. The number of rotatable bonds is 3. The summed E-state index contributed by atoms with van der Waals surface area (Å²) in [5.41, 5.74) is 0.396. The van der Waals surface area contributed by atoms with Crippen LogP contribution in [0, 0.1) is 11.8 Å². The molecule has 0 aromatic heterocycles. The summed E-state index contributed by atoms with van der Waals surface area (Å²) in [6, 6.07) is 0.707. The van der Waals surface area contributed by atoms with Crippen molar-refractivity contribution in [3.8, 4) is 0 Å². The van der Waals surface area contributed by atoms with Gasteiger partial charge in [-0.3, -0.25) is 4.90 Å². The number of nitrogens with one attached hydrogen (secondary N) is 1. The van der Waals surface area contributed by atoms with E-state index in [0.29, 0.717) is 11.6 Å². The molecule has 3 aliphatic rings. The van der Waals surface area contributed by atoms with Crippen molar-refractivity contribution in [2.24, 2.45) is 11.8 Å². The average molecular weight is 265 g/mol. The lowest BCUT2D eigenvalue weighted by Gasteiger charge is -2.47. The molecule has 2 heterocycles. The molecule has 0 aromatic rings. The van der Waals surface area contributed by atoms with E-state index in [9.17, 15) is 0 Å². The molecule has 3 unspecified atom stereocenters. The van der Waals surface area contributed by atoms with E-state index in [1.807, 2.05) is 0 Å². The highest BCUT2D eigenvalue weighted by Gasteiger charge is 2.45. The molecule has 3 nitrogen and oxygen atoms in total. The molecule has 1 aliphatic carbocycles. The van der Waals surface area contributed by atoms with Crippen LogP contribution >= 0.6 is 0 Å². The Bertz CT molecular complexity index is 315. The lowest BCUT2D eigenvalue weighted by atomic mass is 9.89. The van der Waals surface area contributed by atoms with E-state index in [4.69, 9.17) is 0 Å². The van der Waals surface area contributed by atoms with Crippen LogP contribution in [0.5, 0.6) is 0 Å². The molecule has 0 bridgehead atoms. The van der Waals surface area contributed by atoms with Gasteiger partial charge >= 0.3 is 0 Å². The quantitative estimate of drug-likeness (QED) is 0.839. The third-order valence-corrected chi connectivity index (χ3v) is 5.65. The van der Waals surface area contributed by atoms with Gasteiger partial charge < -0.3 is 10.2 Å². The molecule has 19 heavy (non-hydrogen) atoms. The van der Waals surface area contributed by atoms with Crippen LogP contribution in [0.2, 0.25) is 0 Å². The van der Waals surface area contributed by atoms with Gasteiger partial charge in [0.15, 0.2) is 0 Å². The second-order valence-corrected chi connectivity index (χ2v) is 7.62. The third kappa shape index (κ3) is 3.14. The highest BCUT2D eigenvalue weighted by Crippen LogP contribution is 2.41. The van der Waals surface area contributed by atoms with Crippen LogP contribution in [0.4, 0.5) is 0 Å². The summed E-state index contributed by atoms with van der Waals surface area (Å²) in [6.45, 7) is 11.2. The second-order valence-electron chi connectivity index (χ2n) is 7.62. The summed E-state index contributed by atoms with van der Waals surface area (Å²) in [5.74, 6) is 1.83. The van der Waals surface area contributed by atoms with Gasteiger partial charge in [-0.25, -0.2) is 0 Å². The van der Waals surface area contributed by atoms with E-state index in [-0.39, 0.29) is 0 Å². The second kappa shape index (κ2) is 5.34. The molecule has 3 fully saturated rings. The number of hydrogen-bond donors (Lipinski definition) is 1. The average Bonchev–Trinajstić information content (AvgIpc) is 3.19. The molecule has 0 amide bonds. The first-order valence-electron chi connectivity index (χ1n) is 8.24. The van der Waals surface area contributed by atoms with E-state index in [2.05, 4.69) is 36.0 Å². The maximum absolute atomic E-state index is 3.83. The van der Waals surface area contributed by atoms with E-state index >= 15 is 0 Å². The summed E-state index contributed by atoms with van der Waals surface area (Å²) in [4.78, 5) is 5.29. The minimum atomic E-state index is 0.396. The number of likely N-dealkylation sites (tertiary alicyclic amines) is 1. The summed E-state index contributed by atoms with van der Waals surface area (Å²) in [6.07, 6.45) is 5.71. The Morgan fingerprint density at radius 3 is 2.74 bits per heavy atom. The van der Waals surface area contributed by atoms with Crippen LogP contribution in [0.1, 0.15) is 39.5 Å². The highest BCUT2D eigenvalue weighted by molar-refractivity contribution is 5.03. The summed E-state index contributed by atoms with van der Waals surface area (Å²) in [5, 5.41) is 3.83. The zero-order valence-corrected chi connectivity index (χ0v) is 13.0. The van der Waals surface area contributed by atoms with Gasteiger partial charge in [-0.1, -0.05) is 0 Å². The third-order valence-electron chi connectivity index (χ3n) is 5.65. The van der Waals surface area contributed by atoms with Crippen LogP contribution in [0.25, 0.3) is 0 Å². The van der Waals surface area contributed by atoms with Gasteiger partial charge in [-0.2, -0.15) is 0 Å². The van der Waals surface area contributed by atoms with Gasteiger partial charge in [0.2, 0.25) is 0 Å². The van der Waals surface area contributed by atoms with Gasteiger partial charge in [0.05, 0.1) is 0 Å². The van der Waals surface area contributed by atoms with Gasteiger partial charge in [0, 0.05) is 37.8 Å². The Balaban J connectivity index is 1.58. The molecule has 3 atom stereocenters. The van der Waals surface area contributed by atoms with Crippen LogP contribution in [-0.4, -0.2) is 61.2 Å². The predicted molar refractivity (Wildman–Crippen MR) is 80.4 cm³/mol. The van der Waals surface area contributed by atoms with E-state index in [0.717, 1.165) is 11.8 Å². The number of piperazine rings is 1. The first kappa shape index (κ1) is 13.8. The van der Waals surface area contributed by atoms with Crippen molar-refractivity contribution >= 4 is 0 Å². The van der Waals surface area contributed by atoms with Crippen molar-refractivity contribution in [3.05, 3.63) is 0 Å². The van der Waals surface area contributed by atoms with Gasteiger partial charge in [-0.15, -0.1) is 0 Å². The normalized spacial score (nSPS) is 42.5. The fourth-order valence-corrected chi connectivity index (χ4v) is 4.14. The Morgan fingerprint density at radius 2 is 2.05 bits per heavy atom. The van der Waals surface area contributed by atoms with Crippen molar-refractivity contribution in [2.45, 2.75) is 51.1 Å². The molecule has 2 aliphatic heterocycles. The standard InChI is InChI=1S/C16H31N3/c1-13-9-17-16(2,15-6-7-15)12-19(13)11-14-5-4-8-18(3)10-14/h13-15,17H,4-12H2,1-3H3. The fraction of sp³-hybridized carbons (Fsp3) is 1.00. The zero-order valence-electron chi connectivity index (χ0n) is 13.0.